The molecule has 3 N–H and O–H groups in total. The van der Waals surface area contributed by atoms with Gasteiger partial charge in [-0.15, -0.1) is 0 Å². The van der Waals surface area contributed by atoms with Gasteiger partial charge in [0, 0.05) is 37.1 Å². The first kappa shape index (κ1) is 32.7. The third-order valence-electron chi connectivity index (χ3n) is 9.75. The summed E-state index contributed by atoms with van der Waals surface area (Å²) < 4.78 is 12.5. The van der Waals surface area contributed by atoms with Gasteiger partial charge in [0.15, 0.2) is 11.5 Å². The van der Waals surface area contributed by atoms with Crippen LogP contribution in [-0.2, 0) is 9.59 Å². The van der Waals surface area contributed by atoms with E-state index in [4.69, 9.17) is 9.47 Å². The Hall–Kier alpha value is -2.18. The molecule has 6 atom stereocenters. The summed E-state index contributed by atoms with van der Waals surface area (Å²) in [5.74, 6) is 1.88. The second-order valence-corrected chi connectivity index (χ2v) is 13.7. The fraction of sp³-hybridized carbons (Fsp3) is 0.656. The molecule has 4 aliphatic carbocycles. The van der Waals surface area contributed by atoms with Gasteiger partial charge in [-0.2, -0.15) is 0 Å². The Kier molecular flexibility index (Phi) is 11.0. The van der Waals surface area contributed by atoms with Crippen LogP contribution in [0.2, 0.25) is 0 Å². The number of aliphatic hydroxyl groups excluding tert-OH is 2. The lowest BCUT2D eigenvalue weighted by molar-refractivity contribution is -0.148. The number of ether oxygens (including phenoxy) is 2. The van der Waals surface area contributed by atoms with Gasteiger partial charge >= 0.3 is 0 Å². The normalized spacial score (nSPS) is 27.7. The van der Waals surface area contributed by atoms with Crippen molar-refractivity contribution in [2.24, 2.45) is 23.2 Å². The predicted octanol–water partition coefficient (Wildman–Crippen LogP) is 4.12. The summed E-state index contributed by atoms with van der Waals surface area (Å²) in [6, 6.07) is 2.55. The van der Waals surface area contributed by atoms with Crippen molar-refractivity contribution in [1.29, 1.82) is 0 Å². The van der Waals surface area contributed by atoms with Crippen LogP contribution in [0.25, 0.3) is 0 Å². The minimum Gasteiger partial charge on any atom is -0.493 e. The van der Waals surface area contributed by atoms with Crippen molar-refractivity contribution in [3.05, 3.63) is 32.9 Å². The zero-order chi connectivity index (χ0) is 30.6. The molecular weight excluding hydrogens is 651 g/mol. The number of aldehydes is 1. The molecule has 0 heterocycles. The fourth-order valence-electron chi connectivity index (χ4n) is 7.17. The zero-order valence-corrected chi connectivity index (χ0v) is 27.3. The topological polar surface area (TPSA) is 125 Å². The molecule has 1 aromatic carbocycles. The quantitative estimate of drug-likeness (QED) is 0.210. The van der Waals surface area contributed by atoms with E-state index in [9.17, 15) is 24.6 Å². The van der Waals surface area contributed by atoms with E-state index in [2.05, 4.69) is 41.8 Å². The molecule has 42 heavy (non-hydrogen) atoms. The number of aliphatic hydroxyl groups is 2. The Morgan fingerprint density at radius 1 is 1.26 bits per heavy atom. The molecule has 10 heteroatoms. The molecule has 0 unspecified atom stereocenters. The summed E-state index contributed by atoms with van der Waals surface area (Å²) in [4.78, 5) is 40.2. The number of hydrogen-bond donors (Lipinski definition) is 3. The van der Waals surface area contributed by atoms with Gasteiger partial charge in [-0.1, -0.05) is 27.2 Å². The van der Waals surface area contributed by atoms with Gasteiger partial charge in [0.25, 0.3) is 0 Å². The Morgan fingerprint density at radius 2 is 2.02 bits per heavy atom. The van der Waals surface area contributed by atoms with Crippen LogP contribution in [0.3, 0.4) is 0 Å². The van der Waals surface area contributed by atoms with Gasteiger partial charge in [0.1, 0.15) is 18.5 Å². The Morgan fingerprint density at radius 3 is 2.64 bits per heavy atom. The van der Waals surface area contributed by atoms with Gasteiger partial charge < -0.3 is 29.9 Å². The minimum atomic E-state index is -1.11. The monoisotopic (exact) mass is 696 g/mol. The molecule has 2 bridgehead atoms. The summed E-state index contributed by atoms with van der Waals surface area (Å²) in [5, 5.41) is 23.8. The summed E-state index contributed by atoms with van der Waals surface area (Å²) in [6.45, 7) is 7.14. The van der Waals surface area contributed by atoms with Gasteiger partial charge in [0.2, 0.25) is 11.8 Å². The molecule has 0 spiro atoms. The molecule has 3 saturated carbocycles. The summed E-state index contributed by atoms with van der Waals surface area (Å²) >= 11 is 2.05. The number of fused-ring (bicyclic) bond motifs is 2. The first-order chi connectivity index (χ1) is 20.0. The lowest BCUT2D eigenvalue weighted by Crippen LogP contribution is -2.59. The number of nitrogens with one attached hydrogen (secondary N) is 1. The van der Waals surface area contributed by atoms with Crippen molar-refractivity contribution in [1.82, 2.24) is 10.2 Å². The van der Waals surface area contributed by atoms with Crippen molar-refractivity contribution in [2.75, 3.05) is 26.8 Å². The van der Waals surface area contributed by atoms with Gasteiger partial charge in [-0.3, -0.25) is 14.4 Å². The highest BCUT2D eigenvalue weighted by Gasteiger charge is 2.55. The summed E-state index contributed by atoms with van der Waals surface area (Å²) in [7, 11) is 1.47. The highest BCUT2D eigenvalue weighted by Crippen LogP contribution is 2.61. The van der Waals surface area contributed by atoms with E-state index in [1.807, 2.05) is 11.8 Å². The molecule has 0 aliphatic heterocycles. The number of carbonyl (C=O) groups is 3. The van der Waals surface area contributed by atoms with Crippen LogP contribution in [0.4, 0.5) is 0 Å². The molecule has 4 aliphatic rings. The van der Waals surface area contributed by atoms with Crippen molar-refractivity contribution in [3.8, 4) is 11.5 Å². The molecule has 232 valence electrons. The molecule has 5 rings (SSSR count). The van der Waals surface area contributed by atoms with E-state index in [0.29, 0.717) is 51.0 Å². The van der Waals surface area contributed by atoms with Gasteiger partial charge in [-0.05, 0) is 89.7 Å². The number of rotatable bonds is 13. The SMILES string of the molecule is CCCCC(=O)N(C[C@@H]1CC[C@H]2C[C@@H]1C2(C)C)[C@@H]1CC(C(=O)NCCO)=C[C@H](Oc2c(I)cc(C=O)cc2OC)[C@H]1O. The largest absolute Gasteiger partial charge is 0.493 e. The first-order valence-corrected chi connectivity index (χ1v) is 16.2. The molecule has 0 radical (unpaired) electrons. The van der Waals surface area contributed by atoms with Gasteiger partial charge in [-0.25, -0.2) is 0 Å². The molecule has 9 nitrogen and oxygen atoms in total. The maximum absolute atomic E-state index is 13.8. The summed E-state index contributed by atoms with van der Waals surface area (Å²) in [5.41, 5.74) is 1.06. The number of methoxy groups -OCH3 is 1. The van der Waals surface area contributed by atoms with E-state index in [1.165, 1.54) is 13.5 Å². The third kappa shape index (κ3) is 6.80. The van der Waals surface area contributed by atoms with E-state index in [0.717, 1.165) is 37.9 Å². The zero-order valence-electron chi connectivity index (χ0n) is 25.1. The summed E-state index contributed by atoms with van der Waals surface area (Å²) in [6.07, 6.45) is 5.82. The standard InChI is InChI=1S/C32H45IN2O7/c1-5-6-7-28(38)35(17-20-8-9-22-16-23(20)32(22,2)3)25-14-21(31(40)34-10-11-36)15-26(29(25)39)42-30-24(33)12-19(18-37)13-27(30)41-4/h12-13,15,18,20,22-23,25-26,29,36,39H,5-11,14,16-17H2,1-4H3,(H,34,40)/t20-,22-,23-,25+,26-,29-/m0/s1. The number of amides is 2. The van der Waals surface area contributed by atoms with Crippen molar-refractivity contribution >= 4 is 40.7 Å². The van der Waals surface area contributed by atoms with E-state index in [-0.39, 0.29) is 36.8 Å². The number of nitrogens with zero attached hydrogens (tertiary/aromatic N) is 1. The number of halogens is 1. The average Bonchev–Trinajstić information content (AvgIpc) is 2.99. The molecule has 0 saturated heterocycles. The molecule has 2 amide bonds. The average molecular weight is 697 g/mol. The Labute approximate surface area is 262 Å². The first-order valence-electron chi connectivity index (χ1n) is 15.1. The van der Waals surface area contributed by atoms with Crippen molar-refractivity contribution in [2.45, 2.75) is 84.0 Å². The van der Waals surface area contributed by atoms with Crippen molar-refractivity contribution < 1.29 is 34.1 Å². The second-order valence-electron chi connectivity index (χ2n) is 12.5. The number of hydrogen-bond acceptors (Lipinski definition) is 7. The Bertz CT molecular complexity index is 1180. The number of unbranched alkanes of at least 4 members (excludes halogenated alkanes) is 1. The van der Waals surface area contributed by atoms with Crippen LogP contribution in [0.5, 0.6) is 11.5 Å². The third-order valence-corrected chi connectivity index (χ3v) is 10.6. The molecule has 1 aromatic rings. The van der Waals surface area contributed by atoms with Crippen molar-refractivity contribution in [3.63, 3.8) is 0 Å². The minimum absolute atomic E-state index is 0.0154. The lowest BCUT2D eigenvalue weighted by Gasteiger charge is -2.61. The van der Waals surface area contributed by atoms with Crippen LogP contribution >= 0.6 is 22.6 Å². The van der Waals surface area contributed by atoms with Crippen LogP contribution in [0.1, 0.15) is 76.1 Å². The van der Waals surface area contributed by atoms with Crippen LogP contribution < -0.4 is 14.8 Å². The highest BCUT2D eigenvalue weighted by molar-refractivity contribution is 14.1. The molecule has 0 aromatic heterocycles. The van der Waals surface area contributed by atoms with E-state index < -0.39 is 18.2 Å². The smallest absolute Gasteiger partial charge is 0.247 e. The fourth-order valence-corrected chi connectivity index (χ4v) is 7.92. The van der Waals surface area contributed by atoms with E-state index >= 15 is 0 Å². The maximum atomic E-state index is 13.8. The molecule has 3 fully saturated rings. The number of benzene rings is 1. The van der Waals surface area contributed by atoms with Gasteiger partial charge in [0.05, 0.1) is 23.3 Å². The van der Waals surface area contributed by atoms with Crippen LogP contribution in [0.15, 0.2) is 23.8 Å². The van der Waals surface area contributed by atoms with Crippen LogP contribution in [-0.4, -0.2) is 78.3 Å². The highest BCUT2D eigenvalue weighted by atomic mass is 127. The van der Waals surface area contributed by atoms with Crippen LogP contribution in [0, 0.1) is 26.7 Å². The predicted molar refractivity (Wildman–Crippen MR) is 167 cm³/mol. The number of carbonyl (C=O) groups excluding carboxylic acids is 3. The maximum Gasteiger partial charge on any atom is 0.247 e. The Balaban J connectivity index is 1.69. The lowest BCUT2D eigenvalue weighted by atomic mass is 9.45. The van der Waals surface area contributed by atoms with E-state index in [1.54, 1.807) is 18.2 Å². The second kappa shape index (κ2) is 14.1. The molecular formula is C32H45IN2O7.